The first-order chi connectivity index (χ1) is 20.0. The summed E-state index contributed by atoms with van der Waals surface area (Å²) >= 11 is 2.76. The summed E-state index contributed by atoms with van der Waals surface area (Å²) in [6.07, 6.45) is 3.32. The van der Waals surface area contributed by atoms with Crippen molar-refractivity contribution in [3.05, 3.63) is 130 Å². The lowest BCUT2D eigenvalue weighted by Crippen LogP contribution is -2.12. The van der Waals surface area contributed by atoms with Crippen LogP contribution in [-0.4, -0.2) is 16.7 Å². The number of pyridine rings is 1. The third-order valence-corrected chi connectivity index (χ3v) is 8.44. The molecular weight excluding hydrogens is 554 g/mol. The van der Waals surface area contributed by atoms with E-state index >= 15 is 0 Å². The fraction of sp³-hybridized carbons (Fsp3) is 0. The SMILES string of the molecule is Nc1c(C(=O)Nc2ccc(C(=O)/C=C/c3cccs3)cc2)sc2nc(-c3ccc(F)cc3)cc(-c3ccccc3)c12. The lowest BCUT2D eigenvalue weighted by molar-refractivity contribution is 0.102. The van der Waals surface area contributed by atoms with Crippen LogP contribution in [0, 0.1) is 5.82 Å². The number of carbonyl (C=O) groups is 2. The maximum Gasteiger partial charge on any atom is 0.267 e. The summed E-state index contributed by atoms with van der Waals surface area (Å²) < 4.78 is 13.6. The fourth-order valence-electron chi connectivity index (χ4n) is 4.45. The van der Waals surface area contributed by atoms with Crippen molar-refractivity contribution >= 4 is 62.0 Å². The average Bonchev–Trinajstić information content (AvgIpc) is 3.64. The van der Waals surface area contributed by atoms with E-state index in [-0.39, 0.29) is 17.5 Å². The number of carbonyl (C=O) groups excluding carboxylic acids is 2. The molecule has 0 radical (unpaired) electrons. The molecule has 0 spiro atoms. The van der Waals surface area contributed by atoms with Crippen LogP contribution in [0.25, 0.3) is 38.7 Å². The van der Waals surface area contributed by atoms with Crippen molar-refractivity contribution in [1.82, 2.24) is 4.98 Å². The lowest BCUT2D eigenvalue weighted by atomic mass is 9.99. The molecule has 0 saturated heterocycles. The van der Waals surface area contributed by atoms with Crippen molar-refractivity contribution in [2.24, 2.45) is 0 Å². The largest absolute Gasteiger partial charge is 0.397 e. The number of nitrogens with two attached hydrogens (primary N) is 1. The van der Waals surface area contributed by atoms with Gasteiger partial charge in [-0.25, -0.2) is 9.37 Å². The number of halogens is 1. The first-order valence-electron chi connectivity index (χ1n) is 12.7. The van der Waals surface area contributed by atoms with Crippen molar-refractivity contribution in [2.75, 3.05) is 11.1 Å². The standard InChI is InChI=1S/C33H22FN3O2S2/c34-23-12-8-21(9-13-23)27-19-26(20-5-2-1-3-6-20)29-30(35)31(41-33(29)37-27)32(39)36-24-14-10-22(11-15-24)28(38)17-16-25-7-4-18-40-25/h1-19H,35H2,(H,36,39)/b17-16+. The molecule has 1 amide bonds. The van der Waals surface area contributed by atoms with Gasteiger partial charge in [0.1, 0.15) is 15.5 Å². The van der Waals surface area contributed by atoms with Gasteiger partial charge in [0.15, 0.2) is 5.78 Å². The molecule has 6 rings (SSSR count). The highest BCUT2D eigenvalue weighted by molar-refractivity contribution is 7.21. The molecule has 0 aliphatic rings. The van der Waals surface area contributed by atoms with Crippen LogP contribution in [0.4, 0.5) is 15.8 Å². The Morgan fingerprint density at radius 3 is 2.34 bits per heavy atom. The number of allylic oxidation sites excluding steroid dienone is 1. The van der Waals surface area contributed by atoms with E-state index in [4.69, 9.17) is 10.7 Å². The first kappa shape index (κ1) is 26.3. The van der Waals surface area contributed by atoms with E-state index in [1.165, 1.54) is 29.5 Å². The molecule has 200 valence electrons. The zero-order valence-electron chi connectivity index (χ0n) is 21.5. The first-order valence-corrected chi connectivity index (χ1v) is 14.4. The Morgan fingerprint density at radius 2 is 1.63 bits per heavy atom. The molecule has 0 fully saturated rings. The summed E-state index contributed by atoms with van der Waals surface area (Å²) in [6, 6.07) is 28.4. The molecule has 3 N–H and O–H groups in total. The predicted molar refractivity (Wildman–Crippen MR) is 167 cm³/mol. The number of aromatic nitrogens is 1. The van der Waals surface area contributed by atoms with Gasteiger partial charge in [0, 0.05) is 27.1 Å². The van der Waals surface area contributed by atoms with E-state index in [0.29, 0.717) is 37.7 Å². The van der Waals surface area contributed by atoms with Crippen molar-refractivity contribution in [3.8, 4) is 22.4 Å². The number of ketones is 1. The van der Waals surface area contributed by atoms with Gasteiger partial charge in [-0.2, -0.15) is 0 Å². The van der Waals surface area contributed by atoms with Gasteiger partial charge in [0.05, 0.1) is 11.4 Å². The highest BCUT2D eigenvalue weighted by Crippen LogP contribution is 2.41. The molecule has 3 aromatic carbocycles. The minimum absolute atomic E-state index is 0.124. The molecule has 3 heterocycles. The number of anilines is 2. The Balaban J connectivity index is 1.31. The second-order valence-electron chi connectivity index (χ2n) is 9.20. The summed E-state index contributed by atoms with van der Waals surface area (Å²) in [5, 5.41) is 5.53. The topological polar surface area (TPSA) is 85.1 Å². The molecule has 8 heteroatoms. The van der Waals surface area contributed by atoms with Gasteiger partial charge in [-0.15, -0.1) is 22.7 Å². The molecule has 6 aromatic rings. The molecule has 0 bridgehead atoms. The van der Waals surface area contributed by atoms with Gasteiger partial charge in [-0.05, 0) is 89.3 Å². The molecule has 0 unspecified atom stereocenters. The van der Waals surface area contributed by atoms with E-state index in [1.54, 1.807) is 53.8 Å². The van der Waals surface area contributed by atoms with Gasteiger partial charge < -0.3 is 11.1 Å². The van der Waals surface area contributed by atoms with Crippen molar-refractivity contribution in [1.29, 1.82) is 0 Å². The molecule has 0 saturated carbocycles. The minimum Gasteiger partial charge on any atom is -0.397 e. The van der Waals surface area contributed by atoms with Crippen LogP contribution in [0.5, 0.6) is 0 Å². The summed E-state index contributed by atoms with van der Waals surface area (Å²) in [4.78, 5) is 32.6. The summed E-state index contributed by atoms with van der Waals surface area (Å²) in [5.74, 6) is -0.823. The third-order valence-electron chi connectivity index (χ3n) is 6.50. The number of hydrogen-bond donors (Lipinski definition) is 2. The van der Waals surface area contributed by atoms with Crippen LogP contribution >= 0.6 is 22.7 Å². The van der Waals surface area contributed by atoms with Gasteiger partial charge >= 0.3 is 0 Å². The van der Waals surface area contributed by atoms with E-state index in [0.717, 1.165) is 21.6 Å². The van der Waals surface area contributed by atoms with Crippen molar-refractivity contribution < 1.29 is 14.0 Å². The van der Waals surface area contributed by atoms with E-state index in [9.17, 15) is 14.0 Å². The number of nitrogen functional groups attached to an aromatic ring is 1. The van der Waals surface area contributed by atoms with Crippen LogP contribution in [0.1, 0.15) is 24.9 Å². The normalized spacial score (nSPS) is 11.2. The minimum atomic E-state index is -0.371. The quantitative estimate of drug-likeness (QED) is 0.148. The van der Waals surface area contributed by atoms with Crippen LogP contribution in [0.15, 0.2) is 109 Å². The maximum atomic E-state index is 13.6. The highest BCUT2D eigenvalue weighted by Gasteiger charge is 2.22. The molecule has 0 aliphatic heterocycles. The van der Waals surface area contributed by atoms with Crippen LogP contribution < -0.4 is 11.1 Å². The molecule has 5 nitrogen and oxygen atoms in total. The Kier molecular flexibility index (Phi) is 7.24. The Hall–Kier alpha value is -4.92. The number of nitrogens with one attached hydrogen (secondary N) is 1. The van der Waals surface area contributed by atoms with E-state index in [1.807, 2.05) is 53.9 Å². The number of amides is 1. The number of hydrogen-bond acceptors (Lipinski definition) is 6. The maximum absolute atomic E-state index is 13.6. The van der Waals surface area contributed by atoms with Gasteiger partial charge in [-0.1, -0.05) is 36.4 Å². The zero-order valence-corrected chi connectivity index (χ0v) is 23.1. The smallest absolute Gasteiger partial charge is 0.267 e. The molecule has 0 aliphatic carbocycles. The highest BCUT2D eigenvalue weighted by atomic mass is 32.1. The van der Waals surface area contributed by atoms with Crippen LogP contribution in [0.2, 0.25) is 0 Å². The number of nitrogens with zero attached hydrogens (tertiary/aromatic N) is 1. The number of rotatable bonds is 7. The monoisotopic (exact) mass is 575 g/mol. The fourth-order valence-corrected chi connectivity index (χ4v) is 6.08. The van der Waals surface area contributed by atoms with Crippen LogP contribution in [-0.2, 0) is 0 Å². The van der Waals surface area contributed by atoms with E-state index in [2.05, 4.69) is 5.32 Å². The lowest BCUT2D eigenvalue weighted by Gasteiger charge is -2.09. The molecule has 0 atom stereocenters. The summed E-state index contributed by atoms with van der Waals surface area (Å²) in [6.45, 7) is 0. The van der Waals surface area contributed by atoms with Gasteiger partial charge in [-0.3, -0.25) is 9.59 Å². The van der Waals surface area contributed by atoms with Gasteiger partial charge in [0.25, 0.3) is 5.91 Å². The summed E-state index contributed by atoms with van der Waals surface area (Å²) in [7, 11) is 0. The van der Waals surface area contributed by atoms with Crippen LogP contribution in [0.3, 0.4) is 0 Å². The zero-order chi connectivity index (χ0) is 28.3. The predicted octanol–water partition coefficient (Wildman–Crippen LogP) is 8.56. The van der Waals surface area contributed by atoms with E-state index < -0.39 is 0 Å². The molecule has 41 heavy (non-hydrogen) atoms. The van der Waals surface area contributed by atoms with Crippen molar-refractivity contribution in [2.45, 2.75) is 0 Å². The summed E-state index contributed by atoms with van der Waals surface area (Å²) in [5.41, 5.74) is 11.1. The molecular formula is C33H22FN3O2S2. The number of benzene rings is 3. The second-order valence-corrected chi connectivity index (χ2v) is 11.2. The number of thiophene rings is 2. The Morgan fingerprint density at radius 1 is 0.878 bits per heavy atom. The second kappa shape index (κ2) is 11.3. The number of fused-ring (bicyclic) bond motifs is 1. The Labute approximate surface area is 243 Å². The Bertz CT molecular complexity index is 1900. The van der Waals surface area contributed by atoms with Gasteiger partial charge in [0.2, 0.25) is 0 Å². The third kappa shape index (κ3) is 5.56. The molecule has 3 aromatic heterocycles. The van der Waals surface area contributed by atoms with Crippen molar-refractivity contribution in [3.63, 3.8) is 0 Å². The average molecular weight is 576 g/mol.